The van der Waals surface area contributed by atoms with Crippen molar-refractivity contribution in [2.45, 2.75) is 18.9 Å². The molecule has 2 N–H and O–H groups in total. The van der Waals surface area contributed by atoms with Gasteiger partial charge >= 0.3 is 6.03 Å². The van der Waals surface area contributed by atoms with Crippen LogP contribution in [0.1, 0.15) is 23.6 Å². The smallest absolute Gasteiger partial charge is 0.315 e. The molecule has 0 unspecified atom stereocenters. The average molecular weight is 215 g/mol. The summed E-state index contributed by atoms with van der Waals surface area (Å²) in [6.45, 7) is 0.596. The maximum absolute atomic E-state index is 11.3. The van der Waals surface area contributed by atoms with Gasteiger partial charge < -0.3 is 10.6 Å². The molecule has 1 aromatic rings. The first-order valence-electron chi connectivity index (χ1n) is 5.25. The fourth-order valence-electron chi connectivity index (χ4n) is 2.22. The molecular weight excluding hydrogens is 202 g/mol. The number of hydrogen-bond acceptors (Lipinski definition) is 2. The Morgan fingerprint density at radius 1 is 1.56 bits per heavy atom. The molecule has 1 aliphatic heterocycles. The van der Waals surface area contributed by atoms with Crippen LogP contribution in [0.4, 0.5) is 4.79 Å². The van der Waals surface area contributed by atoms with E-state index in [0.29, 0.717) is 13.0 Å². The van der Waals surface area contributed by atoms with Crippen LogP contribution in [0.5, 0.6) is 0 Å². The molecular formula is C12H13N3O. The van der Waals surface area contributed by atoms with Crippen molar-refractivity contribution in [3.63, 3.8) is 0 Å². The van der Waals surface area contributed by atoms with Crippen molar-refractivity contribution in [1.29, 1.82) is 5.26 Å². The molecule has 0 aromatic heterocycles. The van der Waals surface area contributed by atoms with E-state index in [1.807, 2.05) is 24.3 Å². The quantitative estimate of drug-likeness (QED) is 0.772. The molecule has 0 radical (unpaired) electrons. The van der Waals surface area contributed by atoms with Crippen molar-refractivity contribution in [1.82, 2.24) is 4.90 Å². The van der Waals surface area contributed by atoms with Crippen LogP contribution in [0, 0.1) is 11.3 Å². The van der Waals surface area contributed by atoms with E-state index in [1.54, 1.807) is 4.90 Å². The van der Waals surface area contributed by atoms with E-state index in [4.69, 9.17) is 11.0 Å². The summed E-state index contributed by atoms with van der Waals surface area (Å²) in [5, 5.41) is 8.81. The molecule has 82 valence electrons. The van der Waals surface area contributed by atoms with E-state index in [2.05, 4.69) is 6.07 Å². The van der Waals surface area contributed by atoms with Crippen LogP contribution in [0.2, 0.25) is 0 Å². The Bertz CT molecular complexity index is 450. The van der Waals surface area contributed by atoms with Gasteiger partial charge in [0.25, 0.3) is 0 Å². The highest BCUT2D eigenvalue weighted by Crippen LogP contribution is 2.31. The third-order valence-electron chi connectivity index (χ3n) is 2.98. The number of fused-ring (bicyclic) bond motifs is 1. The van der Waals surface area contributed by atoms with E-state index < -0.39 is 6.03 Å². The number of nitriles is 1. The van der Waals surface area contributed by atoms with E-state index in [-0.39, 0.29) is 6.04 Å². The highest BCUT2D eigenvalue weighted by molar-refractivity contribution is 5.73. The number of hydrogen-bond donors (Lipinski definition) is 1. The van der Waals surface area contributed by atoms with Gasteiger partial charge in [-0.05, 0) is 17.5 Å². The molecule has 2 amide bonds. The molecule has 1 atom stereocenters. The van der Waals surface area contributed by atoms with E-state index in [1.165, 1.54) is 5.56 Å². The highest BCUT2D eigenvalue weighted by Gasteiger charge is 2.28. The zero-order valence-electron chi connectivity index (χ0n) is 8.89. The second-order valence-corrected chi connectivity index (χ2v) is 3.86. The number of nitrogens with two attached hydrogens (primary N) is 1. The molecule has 2 rings (SSSR count). The molecule has 1 aromatic carbocycles. The number of carbonyl (C=O) groups is 1. The van der Waals surface area contributed by atoms with Gasteiger partial charge in [-0.2, -0.15) is 5.26 Å². The second kappa shape index (κ2) is 4.23. The summed E-state index contributed by atoms with van der Waals surface area (Å²) in [4.78, 5) is 12.9. The largest absolute Gasteiger partial charge is 0.351 e. The van der Waals surface area contributed by atoms with E-state index >= 15 is 0 Å². The van der Waals surface area contributed by atoms with Crippen molar-refractivity contribution < 1.29 is 4.79 Å². The van der Waals surface area contributed by atoms with Gasteiger partial charge in [-0.3, -0.25) is 0 Å². The zero-order valence-corrected chi connectivity index (χ0v) is 8.89. The maximum Gasteiger partial charge on any atom is 0.315 e. The lowest BCUT2D eigenvalue weighted by molar-refractivity contribution is 0.179. The van der Waals surface area contributed by atoms with Crippen molar-refractivity contribution in [3.05, 3.63) is 35.4 Å². The molecule has 4 nitrogen and oxygen atoms in total. The Hall–Kier alpha value is -2.02. The van der Waals surface area contributed by atoms with Crippen molar-refractivity contribution in [3.8, 4) is 6.07 Å². The van der Waals surface area contributed by atoms with Gasteiger partial charge in [0.1, 0.15) is 0 Å². The topological polar surface area (TPSA) is 70.1 Å². The van der Waals surface area contributed by atoms with Crippen molar-refractivity contribution in [2.75, 3.05) is 6.54 Å². The molecule has 0 fully saturated rings. The summed E-state index contributed by atoms with van der Waals surface area (Å²) in [5.74, 6) is 0. The Morgan fingerprint density at radius 3 is 3.00 bits per heavy atom. The predicted octanol–water partition coefficient (Wildman–Crippen LogP) is 1.58. The molecule has 16 heavy (non-hydrogen) atoms. The van der Waals surface area contributed by atoms with Crippen LogP contribution in [-0.4, -0.2) is 17.5 Å². The highest BCUT2D eigenvalue weighted by atomic mass is 16.2. The van der Waals surface area contributed by atoms with Gasteiger partial charge in [-0.25, -0.2) is 4.79 Å². The molecule has 4 heteroatoms. The molecule has 0 spiro atoms. The normalized spacial score (nSPS) is 18.7. The first-order valence-corrected chi connectivity index (χ1v) is 5.25. The van der Waals surface area contributed by atoms with Gasteiger partial charge in [0.05, 0.1) is 18.5 Å². The van der Waals surface area contributed by atoms with Gasteiger partial charge in [0.2, 0.25) is 0 Å². The Balaban J connectivity index is 2.40. The first-order chi connectivity index (χ1) is 7.74. The summed E-state index contributed by atoms with van der Waals surface area (Å²) >= 11 is 0. The lowest BCUT2D eigenvalue weighted by Crippen LogP contribution is -2.43. The minimum Gasteiger partial charge on any atom is -0.351 e. The zero-order chi connectivity index (χ0) is 11.5. The fraction of sp³-hybridized carbons (Fsp3) is 0.333. The van der Waals surface area contributed by atoms with Gasteiger partial charge in [-0.1, -0.05) is 24.3 Å². The number of carbonyl (C=O) groups excluding carboxylic acids is 1. The van der Waals surface area contributed by atoms with Crippen LogP contribution >= 0.6 is 0 Å². The Labute approximate surface area is 94.3 Å². The summed E-state index contributed by atoms with van der Waals surface area (Å²) in [6, 6.07) is 9.38. The maximum atomic E-state index is 11.3. The number of nitrogens with zero attached hydrogens (tertiary/aromatic N) is 2. The molecule has 0 bridgehead atoms. The molecule has 1 heterocycles. The third-order valence-corrected chi connectivity index (χ3v) is 2.98. The molecule has 1 aliphatic rings. The monoisotopic (exact) mass is 215 g/mol. The van der Waals surface area contributed by atoms with E-state index in [9.17, 15) is 4.79 Å². The number of benzene rings is 1. The number of primary amides is 1. The Kier molecular flexibility index (Phi) is 2.78. The van der Waals surface area contributed by atoms with Crippen molar-refractivity contribution >= 4 is 6.03 Å². The van der Waals surface area contributed by atoms with Crippen LogP contribution in [0.15, 0.2) is 24.3 Å². The number of amides is 2. The summed E-state index contributed by atoms with van der Waals surface area (Å²) in [7, 11) is 0. The summed E-state index contributed by atoms with van der Waals surface area (Å²) < 4.78 is 0. The SMILES string of the molecule is N#CC[C@@H]1c2ccccc2CCN1C(N)=O. The first kappa shape index (κ1) is 10.5. The van der Waals surface area contributed by atoms with Crippen LogP contribution in [0.25, 0.3) is 0 Å². The lowest BCUT2D eigenvalue weighted by Gasteiger charge is -2.34. The minimum absolute atomic E-state index is 0.188. The van der Waals surface area contributed by atoms with Gasteiger partial charge in [0.15, 0.2) is 0 Å². The number of rotatable bonds is 1. The third kappa shape index (κ3) is 1.72. The van der Waals surface area contributed by atoms with Gasteiger partial charge in [-0.15, -0.1) is 0 Å². The fourth-order valence-corrected chi connectivity index (χ4v) is 2.22. The van der Waals surface area contributed by atoms with E-state index in [0.717, 1.165) is 12.0 Å². The molecule has 0 saturated heterocycles. The second-order valence-electron chi connectivity index (χ2n) is 3.86. The molecule has 0 aliphatic carbocycles. The summed E-state index contributed by atoms with van der Waals surface area (Å²) in [6.07, 6.45) is 1.10. The predicted molar refractivity (Wildman–Crippen MR) is 59.4 cm³/mol. The summed E-state index contributed by atoms with van der Waals surface area (Å²) in [5.41, 5.74) is 7.58. The average Bonchev–Trinajstić information content (AvgIpc) is 2.29. The standard InChI is InChI=1S/C12H13N3O/c13-7-5-11-10-4-2-1-3-9(10)6-8-15(11)12(14)16/h1-4,11H,5-6,8H2,(H2,14,16)/t11-/m1/s1. The lowest BCUT2D eigenvalue weighted by atomic mass is 9.91. The van der Waals surface area contributed by atoms with Gasteiger partial charge in [0, 0.05) is 6.54 Å². The number of urea groups is 1. The van der Waals surface area contributed by atoms with Crippen LogP contribution in [0.3, 0.4) is 0 Å². The van der Waals surface area contributed by atoms with Crippen LogP contribution in [-0.2, 0) is 6.42 Å². The minimum atomic E-state index is -0.449. The molecule has 0 saturated carbocycles. The van der Waals surface area contributed by atoms with Crippen molar-refractivity contribution in [2.24, 2.45) is 5.73 Å². The van der Waals surface area contributed by atoms with Crippen LogP contribution < -0.4 is 5.73 Å². The Morgan fingerprint density at radius 2 is 2.31 bits per heavy atom.